The molecule has 1 aromatic carbocycles. The fraction of sp³-hybridized carbons (Fsp3) is 0.538. The average molecular weight is 452 g/mol. The standard InChI is InChI=1S/C26H33N3O4/c30-17-23(15-24-25(31)26(32)28-18-27-24)22-9-7-20(8-10-22)2-1-19-3-5-21(6-4-19)16-29-11-13-33-14-12-29/h7-10,18-19,21,23,30-31H,3-6,11-17H2,(H,27,28,32)/t19-,21-,23-/m0/s1. The van der Waals surface area contributed by atoms with Crippen LogP contribution in [0.15, 0.2) is 35.4 Å². The molecule has 0 radical (unpaired) electrons. The van der Waals surface area contributed by atoms with Crippen molar-refractivity contribution in [2.45, 2.75) is 38.0 Å². The van der Waals surface area contributed by atoms with E-state index < -0.39 is 11.3 Å². The van der Waals surface area contributed by atoms with E-state index >= 15 is 0 Å². The van der Waals surface area contributed by atoms with Gasteiger partial charge in [-0.2, -0.15) is 0 Å². The number of aliphatic hydroxyl groups is 1. The van der Waals surface area contributed by atoms with E-state index in [0.717, 1.165) is 43.3 Å². The zero-order valence-corrected chi connectivity index (χ0v) is 19.0. The molecule has 7 heteroatoms. The molecular formula is C26H33N3O4. The predicted molar refractivity (Wildman–Crippen MR) is 126 cm³/mol. The third-order valence-corrected chi connectivity index (χ3v) is 6.83. The molecule has 3 N–H and O–H groups in total. The fourth-order valence-corrected chi connectivity index (χ4v) is 4.76. The lowest BCUT2D eigenvalue weighted by Gasteiger charge is -2.33. The van der Waals surface area contributed by atoms with Crippen LogP contribution in [0.3, 0.4) is 0 Å². The van der Waals surface area contributed by atoms with E-state index in [1.165, 1.54) is 38.6 Å². The predicted octanol–water partition coefficient (Wildman–Crippen LogP) is 2.28. The lowest BCUT2D eigenvalue weighted by molar-refractivity contribution is 0.0271. The lowest BCUT2D eigenvalue weighted by Crippen LogP contribution is -2.40. The Morgan fingerprint density at radius 2 is 1.88 bits per heavy atom. The van der Waals surface area contributed by atoms with E-state index in [1.54, 1.807) is 0 Å². The van der Waals surface area contributed by atoms with Gasteiger partial charge in [0.2, 0.25) is 5.75 Å². The van der Waals surface area contributed by atoms with E-state index in [9.17, 15) is 15.0 Å². The highest BCUT2D eigenvalue weighted by molar-refractivity contribution is 5.38. The summed E-state index contributed by atoms with van der Waals surface area (Å²) in [5, 5.41) is 19.7. The van der Waals surface area contributed by atoms with E-state index in [1.807, 2.05) is 24.3 Å². The molecule has 33 heavy (non-hydrogen) atoms. The quantitative estimate of drug-likeness (QED) is 0.583. The van der Waals surface area contributed by atoms with Crippen molar-refractivity contribution < 1.29 is 14.9 Å². The van der Waals surface area contributed by atoms with Gasteiger partial charge in [0.25, 0.3) is 5.56 Å². The molecule has 4 rings (SSSR count). The highest BCUT2D eigenvalue weighted by Crippen LogP contribution is 2.29. The SMILES string of the molecule is O=c1[nH]cnc(C[C@@H](CO)c2ccc(C#C[C@H]3CC[C@H](CN4CCOCC4)CC3)cc2)c1O. The number of aromatic hydroxyl groups is 1. The summed E-state index contributed by atoms with van der Waals surface area (Å²) in [4.78, 5) is 20.5. The normalized spacial score (nSPS) is 22.3. The molecular weight excluding hydrogens is 418 g/mol. The first-order chi connectivity index (χ1) is 16.1. The second kappa shape index (κ2) is 11.5. The summed E-state index contributed by atoms with van der Waals surface area (Å²) in [5.74, 6) is 7.38. The molecule has 1 aliphatic carbocycles. The van der Waals surface area contributed by atoms with Gasteiger partial charge in [0.05, 0.1) is 31.8 Å². The molecule has 2 fully saturated rings. The van der Waals surface area contributed by atoms with Gasteiger partial charge in [-0.3, -0.25) is 9.69 Å². The van der Waals surface area contributed by atoms with Gasteiger partial charge >= 0.3 is 0 Å². The summed E-state index contributed by atoms with van der Waals surface area (Å²) in [7, 11) is 0. The Balaban J connectivity index is 1.30. The van der Waals surface area contributed by atoms with Gasteiger partial charge in [-0.05, 0) is 49.3 Å². The molecule has 2 aromatic rings. The number of aliphatic hydroxyl groups excluding tert-OH is 1. The topological polar surface area (TPSA) is 98.7 Å². The summed E-state index contributed by atoms with van der Waals surface area (Å²) >= 11 is 0. The summed E-state index contributed by atoms with van der Waals surface area (Å²) in [6, 6.07) is 7.85. The number of morpholine rings is 1. The van der Waals surface area contributed by atoms with Gasteiger partial charge in [-0.15, -0.1) is 0 Å². The number of nitrogens with one attached hydrogen (secondary N) is 1. The van der Waals surface area contributed by atoms with Crippen LogP contribution in [0, 0.1) is 23.7 Å². The van der Waals surface area contributed by atoms with E-state index in [4.69, 9.17) is 4.74 Å². The molecule has 1 saturated carbocycles. The van der Waals surface area contributed by atoms with Gasteiger partial charge in [-0.1, -0.05) is 24.0 Å². The Hall–Kier alpha value is -2.66. The van der Waals surface area contributed by atoms with Crippen molar-refractivity contribution in [3.05, 3.63) is 57.8 Å². The monoisotopic (exact) mass is 451 g/mol. The van der Waals surface area contributed by atoms with E-state index in [2.05, 4.69) is 26.7 Å². The largest absolute Gasteiger partial charge is 0.502 e. The van der Waals surface area contributed by atoms with Crippen LogP contribution in [0.25, 0.3) is 0 Å². The number of benzene rings is 1. The van der Waals surface area contributed by atoms with Crippen molar-refractivity contribution in [1.82, 2.24) is 14.9 Å². The smallest absolute Gasteiger partial charge is 0.293 e. The van der Waals surface area contributed by atoms with Gasteiger partial charge in [0.1, 0.15) is 0 Å². The Labute approximate surface area is 194 Å². The van der Waals surface area contributed by atoms with Crippen molar-refractivity contribution in [3.63, 3.8) is 0 Å². The first kappa shape index (κ1) is 23.5. The lowest BCUT2D eigenvalue weighted by atomic mass is 9.82. The minimum atomic E-state index is -0.572. The maximum Gasteiger partial charge on any atom is 0.293 e. The molecule has 1 atom stereocenters. The number of rotatable bonds is 6. The second-order valence-corrected chi connectivity index (χ2v) is 9.13. The number of hydrogen-bond acceptors (Lipinski definition) is 6. The number of aromatic amines is 1. The molecule has 0 spiro atoms. The third-order valence-electron chi connectivity index (χ3n) is 6.83. The van der Waals surface area contributed by atoms with Crippen LogP contribution in [-0.2, 0) is 11.2 Å². The van der Waals surface area contributed by atoms with Crippen molar-refractivity contribution in [1.29, 1.82) is 0 Å². The molecule has 7 nitrogen and oxygen atoms in total. The van der Waals surface area contributed by atoms with Crippen LogP contribution in [0.5, 0.6) is 5.75 Å². The third kappa shape index (κ3) is 6.44. The van der Waals surface area contributed by atoms with Crippen molar-refractivity contribution in [2.24, 2.45) is 11.8 Å². The molecule has 1 saturated heterocycles. The van der Waals surface area contributed by atoms with Gasteiger partial charge in [0.15, 0.2) is 0 Å². The highest BCUT2D eigenvalue weighted by Gasteiger charge is 2.23. The van der Waals surface area contributed by atoms with Crippen LogP contribution in [0.1, 0.15) is 48.4 Å². The van der Waals surface area contributed by atoms with Crippen LogP contribution in [0.4, 0.5) is 0 Å². The fourth-order valence-electron chi connectivity index (χ4n) is 4.76. The van der Waals surface area contributed by atoms with Gasteiger partial charge < -0.3 is 19.9 Å². The molecule has 176 valence electrons. The summed E-state index contributed by atoms with van der Waals surface area (Å²) in [5.41, 5.74) is 1.60. The number of ether oxygens (including phenoxy) is 1. The first-order valence-corrected chi connectivity index (χ1v) is 11.9. The second-order valence-electron chi connectivity index (χ2n) is 9.13. The van der Waals surface area contributed by atoms with E-state index in [-0.39, 0.29) is 24.6 Å². The molecule has 2 heterocycles. The molecule has 0 bridgehead atoms. The number of hydrogen-bond donors (Lipinski definition) is 3. The average Bonchev–Trinajstić information content (AvgIpc) is 2.86. The highest BCUT2D eigenvalue weighted by atomic mass is 16.5. The van der Waals surface area contributed by atoms with Crippen LogP contribution in [0.2, 0.25) is 0 Å². The Kier molecular flexibility index (Phi) is 8.16. The molecule has 1 aromatic heterocycles. The van der Waals surface area contributed by atoms with E-state index in [0.29, 0.717) is 5.92 Å². The number of nitrogens with zero attached hydrogens (tertiary/aromatic N) is 2. The molecule has 0 unspecified atom stereocenters. The number of H-pyrrole nitrogens is 1. The minimum Gasteiger partial charge on any atom is -0.502 e. The van der Waals surface area contributed by atoms with Crippen LogP contribution >= 0.6 is 0 Å². The molecule has 0 amide bonds. The first-order valence-electron chi connectivity index (χ1n) is 11.9. The van der Waals surface area contributed by atoms with Crippen molar-refractivity contribution in [3.8, 4) is 17.6 Å². The summed E-state index contributed by atoms with van der Waals surface area (Å²) < 4.78 is 5.44. The Morgan fingerprint density at radius 3 is 2.58 bits per heavy atom. The molecule has 1 aliphatic heterocycles. The zero-order valence-electron chi connectivity index (χ0n) is 19.0. The van der Waals surface area contributed by atoms with Crippen LogP contribution in [-0.4, -0.2) is 64.5 Å². The Morgan fingerprint density at radius 1 is 1.15 bits per heavy atom. The Bertz CT molecular complexity index is 1010. The van der Waals surface area contributed by atoms with Crippen LogP contribution < -0.4 is 5.56 Å². The molecule has 2 aliphatic rings. The maximum atomic E-state index is 11.6. The number of aromatic nitrogens is 2. The van der Waals surface area contributed by atoms with Gasteiger partial charge in [-0.25, -0.2) is 4.98 Å². The zero-order chi connectivity index (χ0) is 23.0. The summed E-state index contributed by atoms with van der Waals surface area (Å²) in [6.07, 6.45) is 6.37. The maximum absolute atomic E-state index is 11.6. The van der Waals surface area contributed by atoms with Gasteiger partial charge in [0, 0.05) is 43.5 Å². The van der Waals surface area contributed by atoms with Crippen molar-refractivity contribution >= 4 is 0 Å². The summed E-state index contributed by atoms with van der Waals surface area (Å²) in [6.45, 7) is 4.95. The van der Waals surface area contributed by atoms with Crippen molar-refractivity contribution in [2.75, 3.05) is 39.5 Å². The minimum absolute atomic E-state index is 0.105.